The number of benzene rings is 1. The van der Waals surface area contributed by atoms with Crippen molar-refractivity contribution in [1.82, 2.24) is 5.32 Å². The van der Waals surface area contributed by atoms with Crippen LogP contribution >= 0.6 is 23.2 Å². The topological polar surface area (TPSA) is 30.5 Å². The molecule has 1 aromatic carbocycles. The predicted molar refractivity (Wildman–Crippen MR) is 83.6 cm³/mol. The number of rotatable bonds is 9. The summed E-state index contributed by atoms with van der Waals surface area (Å²) >= 11 is 12.2. The number of halogens is 2. The highest BCUT2D eigenvalue weighted by Gasteiger charge is 2.10. The van der Waals surface area contributed by atoms with E-state index in [1.54, 1.807) is 13.2 Å². The molecule has 0 saturated heterocycles. The van der Waals surface area contributed by atoms with Gasteiger partial charge in [0.15, 0.2) is 0 Å². The van der Waals surface area contributed by atoms with Gasteiger partial charge in [0.1, 0.15) is 5.75 Å². The second kappa shape index (κ2) is 9.90. The Morgan fingerprint density at radius 2 is 2.10 bits per heavy atom. The van der Waals surface area contributed by atoms with E-state index in [0.717, 1.165) is 18.5 Å². The van der Waals surface area contributed by atoms with Crippen LogP contribution in [0, 0.1) is 12.3 Å². The molecule has 1 aromatic rings. The summed E-state index contributed by atoms with van der Waals surface area (Å²) in [5.41, 5.74) is 0.930. The van der Waals surface area contributed by atoms with Gasteiger partial charge in [-0.05, 0) is 18.6 Å². The molecule has 5 heteroatoms. The summed E-state index contributed by atoms with van der Waals surface area (Å²) in [7, 11) is 1.66. The monoisotopic (exact) mass is 315 g/mol. The summed E-state index contributed by atoms with van der Waals surface area (Å²) < 4.78 is 10.7. The molecule has 0 amide bonds. The second-order valence-electron chi connectivity index (χ2n) is 4.20. The molecule has 110 valence electrons. The molecular weight excluding hydrogens is 297 g/mol. The van der Waals surface area contributed by atoms with Gasteiger partial charge < -0.3 is 14.8 Å². The zero-order chi connectivity index (χ0) is 14.8. The van der Waals surface area contributed by atoms with Gasteiger partial charge in [-0.2, -0.15) is 0 Å². The van der Waals surface area contributed by atoms with Crippen molar-refractivity contribution < 1.29 is 9.47 Å². The molecule has 0 aliphatic carbocycles. The van der Waals surface area contributed by atoms with Gasteiger partial charge in [-0.25, -0.2) is 0 Å². The lowest BCUT2D eigenvalue weighted by atomic mass is 10.2. The lowest BCUT2D eigenvalue weighted by Crippen LogP contribution is -2.19. The number of methoxy groups -OCH3 is 1. The molecule has 0 aliphatic heterocycles. The fraction of sp³-hybridized carbons (Fsp3) is 0.467. The van der Waals surface area contributed by atoms with Gasteiger partial charge >= 0.3 is 0 Å². The molecular formula is C15H19Cl2NO2. The van der Waals surface area contributed by atoms with Gasteiger partial charge in [-0.3, -0.25) is 0 Å². The maximum absolute atomic E-state index is 6.19. The van der Waals surface area contributed by atoms with Gasteiger partial charge in [0.25, 0.3) is 0 Å². The zero-order valence-electron chi connectivity index (χ0n) is 11.5. The number of hydrogen-bond acceptors (Lipinski definition) is 3. The van der Waals surface area contributed by atoms with E-state index < -0.39 is 0 Å². The van der Waals surface area contributed by atoms with E-state index in [-0.39, 0.29) is 0 Å². The Morgan fingerprint density at radius 3 is 2.80 bits per heavy atom. The Balaban J connectivity index is 2.66. The minimum Gasteiger partial charge on any atom is -0.492 e. The van der Waals surface area contributed by atoms with E-state index >= 15 is 0 Å². The molecule has 0 atom stereocenters. The van der Waals surface area contributed by atoms with Crippen LogP contribution in [0.5, 0.6) is 5.75 Å². The van der Waals surface area contributed by atoms with Crippen LogP contribution in [0.2, 0.25) is 10.0 Å². The maximum atomic E-state index is 6.19. The first-order chi connectivity index (χ1) is 9.69. The van der Waals surface area contributed by atoms with Crippen molar-refractivity contribution in [3.63, 3.8) is 0 Å². The molecule has 1 N–H and O–H groups in total. The summed E-state index contributed by atoms with van der Waals surface area (Å²) in [6.45, 7) is 2.55. The molecule has 0 heterocycles. The number of hydrogen-bond donors (Lipinski definition) is 1. The third-order valence-electron chi connectivity index (χ3n) is 2.60. The molecule has 1 rings (SSSR count). The van der Waals surface area contributed by atoms with E-state index in [4.69, 9.17) is 39.1 Å². The normalized spacial score (nSPS) is 10.3. The molecule has 0 aliphatic rings. The number of ether oxygens (including phenoxy) is 2. The van der Waals surface area contributed by atoms with Crippen molar-refractivity contribution in [2.75, 3.05) is 26.9 Å². The standard InChI is InChI=1S/C15H19Cl2NO2/c1-3-4-5-7-20-15-12(11-18-6-8-19-2)9-13(16)10-14(15)17/h1,9-10,18H,4-8,11H2,2H3. The van der Waals surface area contributed by atoms with Crippen LogP contribution in [0.4, 0.5) is 0 Å². The van der Waals surface area contributed by atoms with Crippen LogP contribution in [0.25, 0.3) is 0 Å². The summed E-state index contributed by atoms with van der Waals surface area (Å²) in [6.07, 6.45) is 6.70. The lowest BCUT2D eigenvalue weighted by Gasteiger charge is -2.14. The molecule has 0 spiro atoms. The van der Waals surface area contributed by atoms with Crippen LogP contribution in [0.1, 0.15) is 18.4 Å². The number of terminal acetylenes is 1. The first-order valence-electron chi connectivity index (χ1n) is 6.43. The van der Waals surface area contributed by atoms with Crippen LogP contribution in [-0.4, -0.2) is 26.9 Å². The summed E-state index contributed by atoms with van der Waals surface area (Å²) in [6, 6.07) is 3.53. The minimum absolute atomic E-state index is 0.516. The molecule has 0 aromatic heterocycles. The van der Waals surface area contributed by atoms with Crippen molar-refractivity contribution in [2.45, 2.75) is 19.4 Å². The fourth-order valence-electron chi connectivity index (χ4n) is 1.65. The molecule has 0 fully saturated rings. The van der Waals surface area contributed by atoms with Crippen molar-refractivity contribution in [1.29, 1.82) is 0 Å². The number of nitrogens with one attached hydrogen (secondary N) is 1. The van der Waals surface area contributed by atoms with E-state index in [1.807, 2.05) is 6.07 Å². The Bertz CT molecular complexity index is 458. The Kier molecular flexibility index (Phi) is 8.48. The predicted octanol–water partition coefficient (Wildman–Crippen LogP) is 3.52. The first-order valence-corrected chi connectivity index (χ1v) is 7.18. The van der Waals surface area contributed by atoms with Gasteiger partial charge in [0, 0.05) is 37.2 Å². The largest absolute Gasteiger partial charge is 0.492 e. The van der Waals surface area contributed by atoms with Crippen LogP contribution in [0.3, 0.4) is 0 Å². The van der Waals surface area contributed by atoms with E-state index in [9.17, 15) is 0 Å². The molecule has 0 radical (unpaired) electrons. The first kappa shape index (κ1) is 17.1. The quantitative estimate of drug-likeness (QED) is 0.558. The maximum Gasteiger partial charge on any atom is 0.142 e. The van der Waals surface area contributed by atoms with Crippen molar-refractivity contribution in [3.05, 3.63) is 27.7 Å². The van der Waals surface area contributed by atoms with Gasteiger partial charge in [0.2, 0.25) is 0 Å². The molecule has 0 bridgehead atoms. The average molecular weight is 316 g/mol. The van der Waals surface area contributed by atoms with E-state index in [0.29, 0.717) is 42.0 Å². The molecule has 0 unspecified atom stereocenters. The van der Waals surface area contributed by atoms with Crippen LogP contribution in [-0.2, 0) is 11.3 Å². The van der Waals surface area contributed by atoms with Crippen molar-refractivity contribution >= 4 is 23.2 Å². The highest BCUT2D eigenvalue weighted by molar-refractivity contribution is 6.35. The highest BCUT2D eigenvalue weighted by atomic mass is 35.5. The Hall–Kier alpha value is -0.920. The molecule has 20 heavy (non-hydrogen) atoms. The van der Waals surface area contributed by atoms with Gasteiger partial charge in [-0.15, -0.1) is 12.3 Å². The van der Waals surface area contributed by atoms with E-state index in [1.165, 1.54) is 0 Å². The Morgan fingerprint density at radius 1 is 1.30 bits per heavy atom. The summed E-state index contributed by atoms with van der Waals surface area (Å²) in [5, 5.41) is 4.35. The van der Waals surface area contributed by atoms with Gasteiger partial charge in [0.05, 0.1) is 18.2 Å². The van der Waals surface area contributed by atoms with E-state index in [2.05, 4.69) is 11.2 Å². The SMILES string of the molecule is C#CCCCOc1c(Cl)cc(Cl)cc1CNCCOC. The number of unbranched alkanes of at least 4 members (excludes halogenated alkanes) is 1. The fourth-order valence-corrected chi connectivity index (χ4v) is 2.24. The van der Waals surface area contributed by atoms with Crippen LogP contribution < -0.4 is 10.1 Å². The van der Waals surface area contributed by atoms with Crippen LogP contribution in [0.15, 0.2) is 12.1 Å². The summed E-state index contributed by atoms with van der Waals surface area (Å²) in [5.74, 6) is 3.25. The van der Waals surface area contributed by atoms with Crippen molar-refractivity contribution in [2.24, 2.45) is 0 Å². The average Bonchev–Trinajstić information content (AvgIpc) is 2.41. The molecule has 3 nitrogen and oxygen atoms in total. The minimum atomic E-state index is 0.516. The van der Waals surface area contributed by atoms with Crippen molar-refractivity contribution in [3.8, 4) is 18.1 Å². The zero-order valence-corrected chi connectivity index (χ0v) is 13.1. The molecule has 0 saturated carbocycles. The Labute approximate surface area is 130 Å². The highest BCUT2D eigenvalue weighted by Crippen LogP contribution is 2.32. The second-order valence-corrected chi connectivity index (χ2v) is 5.05. The summed E-state index contributed by atoms with van der Waals surface area (Å²) in [4.78, 5) is 0. The van der Waals surface area contributed by atoms with Gasteiger partial charge in [-0.1, -0.05) is 23.2 Å². The smallest absolute Gasteiger partial charge is 0.142 e. The third kappa shape index (κ3) is 6.02. The lowest BCUT2D eigenvalue weighted by molar-refractivity contribution is 0.199. The third-order valence-corrected chi connectivity index (χ3v) is 3.09.